The highest BCUT2D eigenvalue weighted by molar-refractivity contribution is 5.95. The fourth-order valence-electron chi connectivity index (χ4n) is 3.69. The van der Waals surface area contributed by atoms with Crippen molar-refractivity contribution in [3.8, 4) is 23.2 Å². The Morgan fingerprint density at radius 3 is 2.58 bits per heavy atom. The van der Waals surface area contributed by atoms with Crippen molar-refractivity contribution in [2.45, 2.75) is 44.4 Å². The van der Waals surface area contributed by atoms with E-state index in [0.29, 0.717) is 22.7 Å². The highest BCUT2D eigenvalue weighted by atomic mass is 19.4. The van der Waals surface area contributed by atoms with Crippen LogP contribution < -0.4 is 15.6 Å². The Kier molecular flexibility index (Phi) is 5.50. The molecule has 0 radical (unpaired) electrons. The van der Waals surface area contributed by atoms with Crippen molar-refractivity contribution in [1.82, 2.24) is 15.0 Å². The maximum atomic E-state index is 12.7. The van der Waals surface area contributed by atoms with Crippen LogP contribution in [0.2, 0.25) is 0 Å². The first-order chi connectivity index (χ1) is 14.8. The number of rotatable bonds is 6. The van der Waals surface area contributed by atoms with Gasteiger partial charge in [0.25, 0.3) is 0 Å². The minimum absolute atomic E-state index is 0.264. The van der Waals surface area contributed by atoms with Crippen LogP contribution in [0.3, 0.4) is 0 Å². The van der Waals surface area contributed by atoms with Crippen molar-refractivity contribution in [2.24, 2.45) is 0 Å². The molecule has 0 saturated heterocycles. The van der Waals surface area contributed by atoms with Gasteiger partial charge < -0.3 is 14.7 Å². The molecule has 31 heavy (non-hydrogen) atoms. The van der Waals surface area contributed by atoms with E-state index in [-0.39, 0.29) is 6.04 Å². The van der Waals surface area contributed by atoms with Crippen LogP contribution in [-0.4, -0.2) is 28.9 Å². The second-order valence-corrected chi connectivity index (χ2v) is 7.64. The number of hydrogen-bond donors (Lipinski definition) is 2. The molecule has 6 nitrogen and oxygen atoms in total. The molecule has 0 aliphatic heterocycles. The minimum Gasteiger partial charge on any atom is -0.497 e. The fourth-order valence-corrected chi connectivity index (χ4v) is 3.69. The van der Waals surface area contributed by atoms with Crippen LogP contribution in [0, 0.1) is 11.3 Å². The van der Waals surface area contributed by atoms with E-state index in [9.17, 15) is 18.4 Å². The van der Waals surface area contributed by atoms with Crippen molar-refractivity contribution in [2.75, 3.05) is 12.5 Å². The molecule has 1 aliphatic carbocycles. The van der Waals surface area contributed by atoms with Crippen molar-refractivity contribution < 1.29 is 17.9 Å². The summed E-state index contributed by atoms with van der Waals surface area (Å²) in [6, 6.07) is 9.85. The van der Waals surface area contributed by atoms with Crippen LogP contribution in [0.25, 0.3) is 22.3 Å². The molecule has 162 valence electrons. The third-order valence-corrected chi connectivity index (χ3v) is 5.69. The number of nitrogens with one attached hydrogen (secondary N) is 2. The number of ether oxygens (including phenoxy) is 1. The first-order valence-electron chi connectivity index (χ1n) is 10.00. The monoisotopic (exact) mass is 429 g/mol. The lowest BCUT2D eigenvalue weighted by Crippen LogP contribution is -2.42. The fraction of sp³-hybridized carbons (Fsp3) is 0.364. The number of pyridine rings is 1. The molecule has 1 aliphatic rings. The lowest BCUT2D eigenvalue weighted by atomic mass is 9.92. The van der Waals surface area contributed by atoms with Crippen LogP contribution in [0.15, 0.2) is 36.5 Å². The molecule has 0 amide bonds. The highest BCUT2D eigenvalue weighted by Crippen LogP contribution is 2.42. The van der Waals surface area contributed by atoms with Crippen molar-refractivity contribution in [3.63, 3.8) is 0 Å². The van der Waals surface area contributed by atoms with Gasteiger partial charge in [-0.2, -0.15) is 18.4 Å². The van der Waals surface area contributed by atoms with Gasteiger partial charge in [-0.1, -0.05) is 0 Å². The smallest absolute Gasteiger partial charge is 0.405 e. The summed E-state index contributed by atoms with van der Waals surface area (Å²) in [7, 11) is 1.60. The second kappa shape index (κ2) is 8.12. The number of halogens is 3. The normalized spacial score (nSPS) is 15.4. The first kappa shape index (κ1) is 21.0. The van der Waals surface area contributed by atoms with Gasteiger partial charge in [0.2, 0.25) is 0 Å². The predicted octanol–water partition coefficient (Wildman–Crippen LogP) is 5.18. The molecule has 1 saturated carbocycles. The molecular weight excluding hydrogens is 407 g/mol. The van der Waals surface area contributed by atoms with Gasteiger partial charge in [0.1, 0.15) is 17.9 Å². The number of hydrazine groups is 1. The number of anilines is 1. The van der Waals surface area contributed by atoms with E-state index >= 15 is 0 Å². The highest BCUT2D eigenvalue weighted by Gasteiger charge is 2.35. The topological polar surface area (TPSA) is 74.9 Å². The molecule has 2 aromatic heterocycles. The van der Waals surface area contributed by atoms with Crippen molar-refractivity contribution >= 4 is 16.6 Å². The van der Waals surface area contributed by atoms with Crippen molar-refractivity contribution in [1.29, 1.82) is 5.26 Å². The third kappa shape index (κ3) is 3.91. The Balaban J connectivity index is 1.73. The Bertz CT molecular complexity index is 1130. The van der Waals surface area contributed by atoms with E-state index in [2.05, 4.69) is 26.5 Å². The number of benzene rings is 1. The first-order valence-corrected chi connectivity index (χ1v) is 10.00. The summed E-state index contributed by atoms with van der Waals surface area (Å²) in [5.74, 6) is 0.707. The summed E-state index contributed by atoms with van der Waals surface area (Å²) in [5.41, 5.74) is 7.91. The lowest BCUT2D eigenvalue weighted by molar-refractivity contribution is -0.150. The number of methoxy groups -OCH3 is 1. The summed E-state index contributed by atoms with van der Waals surface area (Å²) >= 11 is 0. The predicted molar refractivity (Wildman–Crippen MR) is 112 cm³/mol. The maximum absolute atomic E-state index is 12.7. The van der Waals surface area contributed by atoms with E-state index in [1.807, 2.05) is 18.2 Å². The molecule has 1 aromatic carbocycles. The van der Waals surface area contributed by atoms with Gasteiger partial charge in [-0.05, 0) is 50.5 Å². The minimum atomic E-state index is -4.35. The third-order valence-electron chi connectivity index (χ3n) is 5.69. The molecule has 4 rings (SSSR count). The zero-order valence-electron chi connectivity index (χ0n) is 17.1. The quantitative estimate of drug-likeness (QED) is 0.529. The molecule has 2 heterocycles. The molecular formula is C22H22F3N5O. The number of fused-ring (bicyclic) bond motifs is 1. The Morgan fingerprint density at radius 1 is 1.26 bits per heavy atom. The summed E-state index contributed by atoms with van der Waals surface area (Å²) in [4.78, 5) is 4.45. The number of alkyl halides is 3. The van der Waals surface area contributed by atoms with Gasteiger partial charge in [0.15, 0.2) is 0 Å². The molecule has 9 heteroatoms. The van der Waals surface area contributed by atoms with E-state index in [1.54, 1.807) is 19.2 Å². The van der Waals surface area contributed by atoms with Gasteiger partial charge in [0.05, 0.1) is 41.5 Å². The SMILES string of the molecule is COc1ccc2c(C#N)c(-c3ccc(NN[C@H](C)C(F)(F)F)cn3)n(C3CCC3)c2c1. The van der Waals surface area contributed by atoms with Crippen LogP contribution in [0.5, 0.6) is 5.75 Å². The molecule has 1 atom stereocenters. The second-order valence-electron chi connectivity index (χ2n) is 7.64. The largest absolute Gasteiger partial charge is 0.497 e. The van der Waals surface area contributed by atoms with E-state index < -0.39 is 12.2 Å². The summed E-state index contributed by atoms with van der Waals surface area (Å²) in [6.45, 7) is 1.03. The van der Waals surface area contributed by atoms with E-state index in [4.69, 9.17) is 4.74 Å². The van der Waals surface area contributed by atoms with Gasteiger partial charge in [0, 0.05) is 17.5 Å². The zero-order chi connectivity index (χ0) is 22.2. The number of nitrogens with zero attached hydrogens (tertiary/aromatic N) is 3. The van der Waals surface area contributed by atoms with Crippen LogP contribution in [-0.2, 0) is 0 Å². The maximum Gasteiger partial charge on any atom is 0.405 e. The van der Waals surface area contributed by atoms with Gasteiger partial charge in [-0.25, -0.2) is 5.43 Å². The molecule has 0 bridgehead atoms. The summed E-state index contributed by atoms with van der Waals surface area (Å²) in [6.07, 6.45) is 0.243. The summed E-state index contributed by atoms with van der Waals surface area (Å²) in [5, 5.41) is 10.7. The molecule has 0 unspecified atom stereocenters. The number of nitriles is 1. The molecule has 1 fully saturated rings. The van der Waals surface area contributed by atoms with E-state index in [0.717, 1.165) is 42.8 Å². The van der Waals surface area contributed by atoms with Crippen LogP contribution in [0.4, 0.5) is 18.9 Å². The van der Waals surface area contributed by atoms with Gasteiger partial charge in [-0.3, -0.25) is 4.98 Å². The molecule has 3 aromatic rings. The number of aromatic nitrogens is 2. The average Bonchev–Trinajstić information content (AvgIpc) is 3.03. The Morgan fingerprint density at radius 2 is 2.03 bits per heavy atom. The van der Waals surface area contributed by atoms with Gasteiger partial charge >= 0.3 is 6.18 Å². The molecule has 2 N–H and O–H groups in total. The standard InChI is InChI=1S/C22H22F3N5O/c1-13(22(23,24)25)28-29-14-6-9-19(27-12-14)21-18(11-26)17-8-7-16(31-2)10-20(17)30(21)15-4-3-5-15/h6-10,12-13,15,28-29H,3-5H2,1-2H3/t13-/m1/s1. The van der Waals surface area contributed by atoms with E-state index in [1.165, 1.54) is 6.20 Å². The van der Waals surface area contributed by atoms with Crippen LogP contribution >= 0.6 is 0 Å². The van der Waals surface area contributed by atoms with Gasteiger partial charge in [-0.15, -0.1) is 0 Å². The summed E-state index contributed by atoms with van der Waals surface area (Å²) < 4.78 is 45.6. The average molecular weight is 429 g/mol. The van der Waals surface area contributed by atoms with Crippen LogP contribution in [0.1, 0.15) is 37.8 Å². The lowest BCUT2D eigenvalue weighted by Gasteiger charge is -2.30. The Labute approximate surface area is 177 Å². The zero-order valence-corrected chi connectivity index (χ0v) is 17.1. The number of hydrogen-bond acceptors (Lipinski definition) is 5. The molecule has 0 spiro atoms. The Hall–Kier alpha value is -3.25. The van der Waals surface area contributed by atoms with Crippen molar-refractivity contribution in [3.05, 3.63) is 42.1 Å².